The zero-order valence-corrected chi connectivity index (χ0v) is 12.8. The fourth-order valence-electron chi connectivity index (χ4n) is 3.87. The second-order valence-electron chi connectivity index (χ2n) is 6.40. The van der Waals surface area contributed by atoms with Crippen molar-refractivity contribution < 1.29 is 4.79 Å². The van der Waals surface area contributed by atoms with Crippen LogP contribution in [0, 0.1) is 5.92 Å². The maximum Gasteiger partial charge on any atom is 0.240 e. The number of carbonyl (C=O) groups is 1. The largest absolute Gasteiger partial charge is 0.323 e. The normalized spacial score (nSPS) is 35.9. The molecule has 3 heteroatoms. The Morgan fingerprint density at radius 3 is 2.32 bits per heavy atom. The molecule has 0 bridgehead atoms. The van der Waals surface area contributed by atoms with Crippen molar-refractivity contribution in [1.82, 2.24) is 10.2 Å². The van der Waals surface area contributed by atoms with Crippen LogP contribution in [0.15, 0.2) is 0 Å². The Morgan fingerprint density at radius 2 is 1.74 bits per heavy atom. The summed E-state index contributed by atoms with van der Waals surface area (Å²) in [6.45, 7) is 6.48. The minimum Gasteiger partial charge on any atom is -0.323 e. The average molecular weight is 266 g/mol. The number of rotatable bonds is 5. The Morgan fingerprint density at radius 1 is 1.11 bits per heavy atom. The van der Waals surface area contributed by atoms with Crippen molar-refractivity contribution in [3.8, 4) is 0 Å². The lowest BCUT2D eigenvalue weighted by molar-refractivity contribution is -0.133. The van der Waals surface area contributed by atoms with Crippen molar-refractivity contribution in [2.75, 3.05) is 0 Å². The second-order valence-corrected chi connectivity index (χ2v) is 6.40. The summed E-state index contributed by atoms with van der Waals surface area (Å²) in [5, 5.41) is 3.46. The van der Waals surface area contributed by atoms with E-state index in [1.54, 1.807) is 0 Å². The SMILES string of the molecule is CCCC1CCC(N2C(=O)C(C)NC2CCC)CC1. The molecule has 1 amide bonds. The van der Waals surface area contributed by atoms with Crippen LogP contribution in [0.2, 0.25) is 0 Å². The van der Waals surface area contributed by atoms with Gasteiger partial charge >= 0.3 is 0 Å². The molecular weight excluding hydrogens is 236 g/mol. The predicted molar refractivity (Wildman–Crippen MR) is 78.8 cm³/mol. The van der Waals surface area contributed by atoms with Crippen LogP contribution in [0.5, 0.6) is 0 Å². The highest BCUT2D eigenvalue weighted by molar-refractivity contribution is 5.84. The molecule has 1 saturated heterocycles. The molecule has 2 aliphatic rings. The predicted octanol–water partition coefficient (Wildman–Crippen LogP) is 3.29. The molecule has 0 aromatic carbocycles. The third-order valence-corrected chi connectivity index (χ3v) is 4.87. The van der Waals surface area contributed by atoms with Gasteiger partial charge in [0.05, 0.1) is 12.2 Å². The van der Waals surface area contributed by atoms with Gasteiger partial charge < -0.3 is 4.90 Å². The van der Waals surface area contributed by atoms with E-state index in [2.05, 4.69) is 24.1 Å². The third kappa shape index (κ3) is 3.31. The Balaban J connectivity index is 1.94. The fourth-order valence-corrected chi connectivity index (χ4v) is 3.87. The van der Waals surface area contributed by atoms with Crippen LogP contribution < -0.4 is 5.32 Å². The first-order chi connectivity index (χ1) is 9.17. The van der Waals surface area contributed by atoms with E-state index in [4.69, 9.17) is 0 Å². The average Bonchev–Trinajstić information content (AvgIpc) is 2.67. The summed E-state index contributed by atoms with van der Waals surface area (Å²) in [5.74, 6) is 1.24. The minimum absolute atomic E-state index is 0.0184. The maximum absolute atomic E-state index is 12.4. The van der Waals surface area contributed by atoms with Crippen molar-refractivity contribution in [2.24, 2.45) is 5.92 Å². The maximum atomic E-state index is 12.4. The highest BCUT2D eigenvalue weighted by Gasteiger charge is 2.40. The molecule has 0 aromatic heterocycles. The van der Waals surface area contributed by atoms with Crippen LogP contribution in [0.25, 0.3) is 0 Å². The molecule has 1 N–H and O–H groups in total. The van der Waals surface area contributed by atoms with Gasteiger partial charge in [0.15, 0.2) is 0 Å². The quantitative estimate of drug-likeness (QED) is 0.828. The van der Waals surface area contributed by atoms with Crippen LogP contribution in [-0.4, -0.2) is 29.1 Å². The topological polar surface area (TPSA) is 32.3 Å². The number of amides is 1. The molecule has 3 nitrogen and oxygen atoms in total. The third-order valence-electron chi connectivity index (χ3n) is 4.87. The van der Waals surface area contributed by atoms with Gasteiger partial charge in [-0.15, -0.1) is 0 Å². The zero-order chi connectivity index (χ0) is 13.8. The molecule has 2 unspecified atom stereocenters. The van der Waals surface area contributed by atoms with Gasteiger partial charge in [0.25, 0.3) is 0 Å². The van der Waals surface area contributed by atoms with Gasteiger partial charge in [-0.1, -0.05) is 33.1 Å². The number of hydrogen-bond acceptors (Lipinski definition) is 2. The minimum atomic E-state index is 0.0184. The van der Waals surface area contributed by atoms with E-state index in [1.807, 2.05) is 6.92 Å². The first kappa shape index (κ1) is 14.8. The lowest BCUT2D eigenvalue weighted by atomic mass is 9.83. The summed E-state index contributed by atoms with van der Waals surface area (Å²) in [7, 11) is 0. The monoisotopic (exact) mass is 266 g/mol. The van der Waals surface area contributed by atoms with E-state index in [0.29, 0.717) is 18.1 Å². The van der Waals surface area contributed by atoms with Crippen LogP contribution >= 0.6 is 0 Å². The van der Waals surface area contributed by atoms with Crippen molar-refractivity contribution in [3.05, 3.63) is 0 Å². The van der Waals surface area contributed by atoms with E-state index in [-0.39, 0.29) is 6.04 Å². The summed E-state index contributed by atoms with van der Waals surface area (Å²) in [5.41, 5.74) is 0. The van der Waals surface area contributed by atoms with Gasteiger partial charge in [-0.05, 0) is 44.9 Å². The molecule has 0 spiro atoms. The van der Waals surface area contributed by atoms with Crippen molar-refractivity contribution in [3.63, 3.8) is 0 Å². The van der Waals surface area contributed by atoms with Crippen molar-refractivity contribution in [2.45, 2.75) is 90.4 Å². The summed E-state index contributed by atoms with van der Waals surface area (Å²) < 4.78 is 0. The summed E-state index contributed by atoms with van der Waals surface area (Å²) >= 11 is 0. The van der Waals surface area contributed by atoms with Crippen LogP contribution in [0.4, 0.5) is 0 Å². The number of nitrogens with one attached hydrogen (secondary N) is 1. The lowest BCUT2D eigenvalue weighted by Gasteiger charge is -2.37. The summed E-state index contributed by atoms with van der Waals surface area (Å²) in [4.78, 5) is 14.6. The Labute approximate surface area is 118 Å². The molecule has 2 atom stereocenters. The van der Waals surface area contributed by atoms with Crippen molar-refractivity contribution >= 4 is 5.91 Å². The second kappa shape index (κ2) is 6.74. The number of carbonyl (C=O) groups excluding carboxylic acids is 1. The van der Waals surface area contributed by atoms with Gasteiger partial charge in [-0.25, -0.2) is 0 Å². The Kier molecular flexibility index (Phi) is 5.26. The van der Waals surface area contributed by atoms with Gasteiger partial charge in [0, 0.05) is 6.04 Å². The molecule has 2 fully saturated rings. The van der Waals surface area contributed by atoms with Crippen LogP contribution in [0.1, 0.15) is 72.1 Å². The molecule has 0 aromatic rings. The lowest BCUT2D eigenvalue weighted by Crippen LogP contribution is -2.46. The molecule has 0 radical (unpaired) electrons. The fraction of sp³-hybridized carbons (Fsp3) is 0.938. The van der Waals surface area contributed by atoms with E-state index in [9.17, 15) is 4.79 Å². The molecule has 1 saturated carbocycles. The molecular formula is C16H30N2O. The molecule has 1 aliphatic heterocycles. The smallest absolute Gasteiger partial charge is 0.240 e. The van der Waals surface area contributed by atoms with Gasteiger partial charge in [-0.3, -0.25) is 10.1 Å². The molecule has 2 rings (SSSR count). The van der Waals surface area contributed by atoms with Crippen molar-refractivity contribution in [1.29, 1.82) is 0 Å². The van der Waals surface area contributed by atoms with Crippen LogP contribution in [-0.2, 0) is 4.79 Å². The summed E-state index contributed by atoms with van der Waals surface area (Å²) in [6.07, 6.45) is 10.2. The number of hydrogen-bond donors (Lipinski definition) is 1. The highest BCUT2D eigenvalue weighted by Crippen LogP contribution is 2.33. The van der Waals surface area contributed by atoms with E-state index in [0.717, 1.165) is 18.8 Å². The Bertz CT molecular complexity index is 297. The Hall–Kier alpha value is -0.570. The molecule has 110 valence electrons. The zero-order valence-electron chi connectivity index (χ0n) is 12.8. The molecule has 1 heterocycles. The van der Waals surface area contributed by atoms with Gasteiger partial charge in [0.2, 0.25) is 5.91 Å². The van der Waals surface area contributed by atoms with E-state index >= 15 is 0 Å². The summed E-state index contributed by atoms with van der Waals surface area (Å²) in [6, 6.07) is 0.513. The van der Waals surface area contributed by atoms with Gasteiger partial charge in [-0.2, -0.15) is 0 Å². The number of nitrogens with zero attached hydrogens (tertiary/aromatic N) is 1. The highest BCUT2D eigenvalue weighted by atomic mass is 16.2. The van der Waals surface area contributed by atoms with Crippen LogP contribution in [0.3, 0.4) is 0 Å². The van der Waals surface area contributed by atoms with E-state index < -0.39 is 0 Å². The van der Waals surface area contributed by atoms with E-state index in [1.165, 1.54) is 38.5 Å². The van der Waals surface area contributed by atoms with Gasteiger partial charge in [0.1, 0.15) is 0 Å². The first-order valence-electron chi connectivity index (χ1n) is 8.25. The molecule has 1 aliphatic carbocycles. The molecule has 19 heavy (non-hydrogen) atoms. The first-order valence-corrected chi connectivity index (χ1v) is 8.25. The standard InChI is InChI=1S/C16H30N2O/c1-4-6-13-8-10-14(11-9-13)18-15(7-5-2)17-12(3)16(18)19/h12-15,17H,4-11H2,1-3H3.